The summed E-state index contributed by atoms with van der Waals surface area (Å²) in [6, 6.07) is 0.566. The first-order valence-corrected chi connectivity index (χ1v) is 13.0. The number of likely N-dealkylation sites (tertiary alicyclic amines) is 1. The summed E-state index contributed by atoms with van der Waals surface area (Å²) >= 11 is 0. The number of hydrogen-bond donors (Lipinski definition) is 3. The van der Waals surface area contributed by atoms with Crippen LogP contribution in [0.5, 0.6) is 0 Å². The number of H-pyrrole nitrogens is 1. The van der Waals surface area contributed by atoms with E-state index in [4.69, 9.17) is 9.97 Å². The molecule has 2 aliphatic rings. The quantitative estimate of drug-likeness (QED) is 0.334. The standard InChI is InChI=1S/C25H30F2N10O/c1-13-31-23-24(37(13)12-18(26)27)33-17(11-30-23)16-10-29-22-20(16)21(28-2)34-25(35-22)32-14-5-7-15(8-6-14)36-9-3-4-19(36)38/h10-11,14-15,18H,3-9,12H2,1-2H3,(H3,28,29,32,34,35). The minimum Gasteiger partial charge on any atom is -0.372 e. The minimum atomic E-state index is -2.53. The molecule has 2 fully saturated rings. The van der Waals surface area contributed by atoms with Crippen molar-refractivity contribution in [3.05, 3.63) is 18.2 Å². The molecule has 0 atom stereocenters. The van der Waals surface area contributed by atoms with Crippen molar-refractivity contribution in [2.24, 2.45) is 0 Å². The molecule has 0 bridgehead atoms. The van der Waals surface area contributed by atoms with Gasteiger partial charge in [0.1, 0.15) is 17.3 Å². The number of alkyl halides is 2. The van der Waals surface area contributed by atoms with Gasteiger partial charge in [-0.3, -0.25) is 4.79 Å². The van der Waals surface area contributed by atoms with Gasteiger partial charge in [-0.05, 0) is 39.0 Å². The molecule has 13 heteroatoms. The monoisotopic (exact) mass is 524 g/mol. The Kier molecular flexibility index (Phi) is 6.28. The Morgan fingerprint density at radius 3 is 2.68 bits per heavy atom. The van der Waals surface area contributed by atoms with E-state index in [-0.39, 0.29) is 11.9 Å². The van der Waals surface area contributed by atoms with Crippen molar-refractivity contribution in [3.8, 4) is 11.3 Å². The van der Waals surface area contributed by atoms with E-state index >= 15 is 0 Å². The van der Waals surface area contributed by atoms with Crippen LogP contribution in [0.2, 0.25) is 0 Å². The maximum Gasteiger partial charge on any atom is 0.256 e. The summed E-state index contributed by atoms with van der Waals surface area (Å²) < 4.78 is 27.7. The lowest BCUT2D eigenvalue weighted by molar-refractivity contribution is -0.130. The summed E-state index contributed by atoms with van der Waals surface area (Å²) in [6.07, 6.45) is 6.31. The number of imidazole rings is 1. The summed E-state index contributed by atoms with van der Waals surface area (Å²) in [4.78, 5) is 40.1. The van der Waals surface area contributed by atoms with Gasteiger partial charge < -0.3 is 25.1 Å². The van der Waals surface area contributed by atoms with Gasteiger partial charge >= 0.3 is 0 Å². The van der Waals surface area contributed by atoms with Gasteiger partial charge in [-0.25, -0.2) is 23.7 Å². The number of fused-ring (bicyclic) bond motifs is 2. The number of nitrogens with zero attached hydrogens (tertiary/aromatic N) is 7. The maximum absolute atomic E-state index is 13.1. The molecule has 200 valence electrons. The topological polar surface area (TPSA) is 130 Å². The molecule has 1 amide bonds. The van der Waals surface area contributed by atoms with Gasteiger partial charge in [0.25, 0.3) is 6.43 Å². The molecule has 0 unspecified atom stereocenters. The highest BCUT2D eigenvalue weighted by atomic mass is 19.3. The lowest BCUT2D eigenvalue weighted by atomic mass is 9.90. The zero-order chi connectivity index (χ0) is 26.4. The SMILES string of the molecule is CNc1nc(NC2CCC(N3CCCC3=O)CC2)nc2[nH]cc(-c3cnc4nc(C)n(CC(F)F)c4n3)c12. The molecule has 0 radical (unpaired) electrons. The predicted octanol–water partition coefficient (Wildman–Crippen LogP) is 3.73. The summed E-state index contributed by atoms with van der Waals surface area (Å²) in [5.74, 6) is 1.86. The second-order valence-electron chi connectivity index (χ2n) is 9.98. The van der Waals surface area contributed by atoms with Crippen LogP contribution < -0.4 is 10.6 Å². The van der Waals surface area contributed by atoms with E-state index in [9.17, 15) is 13.6 Å². The molecule has 6 rings (SSSR count). The van der Waals surface area contributed by atoms with Crippen LogP contribution in [0.4, 0.5) is 20.5 Å². The van der Waals surface area contributed by atoms with Crippen LogP contribution in [0.1, 0.15) is 44.3 Å². The third-order valence-corrected chi connectivity index (χ3v) is 7.60. The van der Waals surface area contributed by atoms with Crippen molar-refractivity contribution in [3.63, 3.8) is 0 Å². The fourth-order valence-electron chi connectivity index (χ4n) is 5.74. The van der Waals surface area contributed by atoms with E-state index in [2.05, 4.69) is 35.5 Å². The number of halogens is 2. The first kappa shape index (κ1) is 24.4. The van der Waals surface area contributed by atoms with Crippen LogP contribution in [-0.4, -0.2) is 77.4 Å². The first-order valence-electron chi connectivity index (χ1n) is 13.0. The van der Waals surface area contributed by atoms with Gasteiger partial charge in [0.15, 0.2) is 11.3 Å². The zero-order valence-electron chi connectivity index (χ0n) is 21.3. The van der Waals surface area contributed by atoms with Gasteiger partial charge in [-0.1, -0.05) is 0 Å². The molecule has 1 saturated heterocycles. The number of nitrogens with one attached hydrogen (secondary N) is 3. The van der Waals surface area contributed by atoms with Crippen molar-refractivity contribution in [2.75, 3.05) is 24.2 Å². The third kappa shape index (κ3) is 4.39. The number of amides is 1. The van der Waals surface area contributed by atoms with E-state index in [1.807, 2.05) is 0 Å². The van der Waals surface area contributed by atoms with Gasteiger partial charge in [0.2, 0.25) is 11.9 Å². The molecular weight excluding hydrogens is 494 g/mol. The molecular formula is C25H30F2N10O. The van der Waals surface area contributed by atoms with Crippen molar-refractivity contribution in [1.82, 2.24) is 39.4 Å². The Balaban J connectivity index is 1.25. The molecule has 1 saturated carbocycles. The second-order valence-corrected chi connectivity index (χ2v) is 9.98. The Labute approximate surface area is 217 Å². The number of anilines is 2. The number of aromatic nitrogens is 7. The van der Waals surface area contributed by atoms with Crippen molar-refractivity contribution >= 4 is 40.0 Å². The van der Waals surface area contributed by atoms with Gasteiger partial charge in [-0.15, -0.1) is 0 Å². The van der Waals surface area contributed by atoms with Crippen LogP contribution in [0, 0.1) is 6.92 Å². The van der Waals surface area contributed by atoms with Gasteiger partial charge in [0.05, 0.1) is 23.8 Å². The van der Waals surface area contributed by atoms with Crippen molar-refractivity contribution in [1.29, 1.82) is 0 Å². The van der Waals surface area contributed by atoms with Crippen LogP contribution in [0.15, 0.2) is 12.4 Å². The molecule has 4 aromatic rings. The highest BCUT2D eigenvalue weighted by Gasteiger charge is 2.31. The predicted molar refractivity (Wildman–Crippen MR) is 139 cm³/mol. The van der Waals surface area contributed by atoms with Crippen LogP contribution in [0.25, 0.3) is 33.6 Å². The molecule has 1 aliphatic heterocycles. The largest absolute Gasteiger partial charge is 0.372 e. The molecule has 38 heavy (non-hydrogen) atoms. The fourth-order valence-corrected chi connectivity index (χ4v) is 5.74. The van der Waals surface area contributed by atoms with Gasteiger partial charge in [-0.2, -0.15) is 9.97 Å². The molecule has 0 aromatic carbocycles. The highest BCUT2D eigenvalue weighted by molar-refractivity contribution is 6.01. The number of carbonyl (C=O) groups is 1. The lowest BCUT2D eigenvalue weighted by Crippen LogP contribution is -2.41. The van der Waals surface area contributed by atoms with Crippen molar-refractivity contribution in [2.45, 2.75) is 70.5 Å². The average Bonchev–Trinajstić information content (AvgIpc) is 3.61. The summed E-state index contributed by atoms with van der Waals surface area (Å²) in [6.45, 7) is 2.05. The number of carbonyl (C=O) groups excluding carboxylic acids is 1. The molecule has 1 aliphatic carbocycles. The lowest BCUT2D eigenvalue weighted by Gasteiger charge is -2.34. The van der Waals surface area contributed by atoms with E-state index in [1.54, 1.807) is 26.4 Å². The number of rotatable bonds is 7. The Bertz CT molecular complexity index is 1490. The van der Waals surface area contributed by atoms with Crippen LogP contribution in [-0.2, 0) is 11.3 Å². The van der Waals surface area contributed by atoms with E-state index in [0.717, 1.165) is 44.0 Å². The summed E-state index contributed by atoms with van der Waals surface area (Å²) in [5.41, 5.74) is 2.48. The Morgan fingerprint density at radius 2 is 1.97 bits per heavy atom. The normalized spacial score (nSPS) is 20.2. The van der Waals surface area contributed by atoms with Crippen LogP contribution in [0.3, 0.4) is 0 Å². The smallest absolute Gasteiger partial charge is 0.256 e. The highest BCUT2D eigenvalue weighted by Crippen LogP contribution is 2.34. The van der Waals surface area contributed by atoms with E-state index in [1.165, 1.54) is 4.57 Å². The minimum absolute atomic E-state index is 0.229. The Morgan fingerprint density at radius 1 is 1.16 bits per heavy atom. The first-order chi connectivity index (χ1) is 18.4. The number of aromatic amines is 1. The molecule has 0 spiro atoms. The fraction of sp³-hybridized carbons (Fsp3) is 0.520. The second kappa shape index (κ2) is 9.76. The van der Waals surface area contributed by atoms with Crippen molar-refractivity contribution < 1.29 is 13.6 Å². The average molecular weight is 525 g/mol. The summed E-state index contributed by atoms with van der Waals surface area (Å²) in [5, 5.41) is 7.36. The molecule has 11 nitrogen and oxygen atoms in total. The maximum atomic E-state index is 13.1. The van der Waals surface area contributed by atoms with Gasteiger partial charge in [0, 0.05) is 43.9 Å². The van der Waals surface area contributed by atoms with E-state index < -0.39 is 13.0 Å². The number of aryl methyl sites for hydroxylation is 1. The molecule has 4 aromatic heterocycles. The van der Waals surface area contributed by atoms with Crippen LogP contribution >= 0.6 is 0 Å². The third-order valence-electron chi connectivity index (χ3n) is 7.60. The zero-order valence-corrected chi connectivity index (χ0v) is 21.3. The van der Waals surface area contributed by atoms with E-state index in [0.29, 0.717) is 58.3 Å². The summed E-state index contributed by atoms with van der Waals surface area (Å²) in [7, 11) is 1.79. The molecule has 3 N–H and O–H groups in total. The number of hydrogen-bond acceptors (Lipinski definition) is 8. The molecule has 5 heterocycles. The Hall–Kier alpha value is -3.90.